The molecule has 90 valence electrons. The normalized spacial score (nSPS) is 25.7. The second kappa shape index (κ2) is 4.82. The van der Waals surface area contributed by atoms with Crippen LogP contribution in [-0.4, -0.2) is 48.9 Å². The molecule has 1 saturated heterocycles. The van der Waals surface area contributed by atoms with Gasteiger partial charge in [-0.05, 0) is 19.3 Å². The number of likely N-dealkylation sites (tertiary alicyclic amines) is 1. The lowest BCUT2D eigenvalue weighted by molar-refractivity contribution is -0.133. The maximum Gasteiger partial charge on any atom is 0.234 e. The highest BCUT2D eigenvalue weighted by atomic mass is 16.2. The van der Waals surface area contributed by atoms with Crippen molar-refractivity contribution in [3.05, 3.63) is 0 Å². The predicted octanol–water partition coefficient (Wildman–Crippen LogP) is -0.525. The smallest absolute Gasteiger partial charge is 0.234 e. The Morgan fingerprint density at radius 2 is 2.12 bits per heavy atom. The van der Waals surface area contributed by atoms with Crippen LogP contribution in [0.3, 0.4) is 0 Å². The van der Waals surface area contributed by atoms with Crippen molar-refractivity contribution in [2.24, 2.45) is 0 Å². The molecular formula is C11H19N3O2. The molecule has 0 aromatic carbocycles. The van der Waals surface area contributed by atoms with Gasteiger partial charge in [0.15, 0.2) is 0 Å². The SMILES string of the molecule is CN1CC(NC(=O)CNC2CC2)CCC1=O. The van der Waals surface area contributed by atoms with Gasteiger partial charge in [0.1, 0.15) is 0 Å². The zero-order valence-corrected chi connectivity index (χ0v) is 9.66. The Morgan fingerprint density at radius 3 is 2.75 bits per heavy atom. The zero-order chi connectivity index (χ0) is 11.5. The van der Waals surface area contributed by atoms with Gasteiger partial charge in [0.2, 0.25) is 11.8 Å². The summed E-state index contributed by atoms with van der Waals surface area (Å²) in [6, 6.07) is 0.678. The minimum absolute atomic E-state index is 0.0413. The van der Waals surface area contributed by atoms with Crippen molar-refractivity contribution in [3.8, 4) is 0 Å². The number of nitrogens with one attached hydrogen (secondary N) is 2. The quantitative estimate of drug-likeness (QED) is 0.676. The van der Waals surface area contributed by atoms with Gasteiger partial charge >= 0.3 is 0 Å². The average Bonchev–Trinajstić information content (AvgIpc) is 3.04. The van der Waals surface area contributed by atoms with Crippen LogP contribution in [0.25, 0.3) is 0 Å². The number of rotatable bonds is 4. The summed E-state index contributed by atoms with van der Waals surface area (Å²) in [5.74, 6) is 0.209. The van der Waals surface area contributed by atoms with Gasteiger partial charge in [0, 0.05) is 32.1 Å². The molecule has 0 spiro atoms. The number of amides is 2. The summed E-state index contributed by atoms with van der Waals surface area (Å²) >= 11 is 0. The number of carbonyl (C=O) groups excluding carboxylic acids is 2. The third kappa shape index (κ3) is 3.20. The van der Waals surface area contributed by atoms with Gasteiger partial charge in [0.25, 0.3) is 0 Å². The van der Waals surface area contributed by atoms with E-state index in [0.717, 1.165) is 6.42 Å². The summed E-state index contributed by atoms with van der Waals surface area (Å²) in [6.07, 6.45) is 3.68. The van der Waals surface area contributed by atoms with Crippen LogP contribution >= 0.6 is 0 Å². The first-order chi connectivity index (χ1) is 7.65. The Hall–Kier alpha value is -1.10. The average molecular weight is 225 g/mol. The molecule has 1 heterocycles. The van der Waals surface area contributed by atoms with Crippen LogP contribution in [0.4, 0.5) is 0 Å². The molecule has 1 atom stereocenters. The largest absolute Gasteiger partial charge is 0.350 e. The van der Waals surface area contributed by atoms with Gasteiger partial charge in [0.05, 0.1) is 6.54 Å². The second-order valence-corrected chi connectivity index (χ2v) is 4.73. The number of hydrogen-bond donors (Lipinski definition) is 2. The number of nitrogens with zero attached hydrogens (tertiary/aromatic N) is 1. The highest BCUT2D eigenvalue weighted by Gasteiger charge is 2.25. The summed E-state index contributed by atoms with van der Waals surface area (Å²) in [5, 5.41) is 6.13. The fourth-order valence-electron chi connectivity index (χ4n) is 1.93. The number of hydrogen-bond acceptors (Lipinski definition) is 3. The third-order valence-electron chi connectivity index (χ3n) is 3.12. The Balaban J connectivity index is 1.67. The molecule has 0 aromatic heterocycles. The van der Waals surface area contributed by atoms with Crippen LogP contribution < -0.4 is 10.6 Å². The Labute approximate surface area is 95.6 Å². The highest BCUT2D eigenvalue weighted by molar-refractivity contribution is 5.80. The van der Waals surface area contributed by atoms with Gasteiger partial charge < -0.3 is 15.5 Å². The first kappa shape index (κ1) is 11.4. The van der Waals surface area contributed by atoms with Crippen LogP contribution in [0, 0.1) is 0 Å². The minimum Gasteiger partial charge on any atom is -0.350 e. The van der Waals surface area contributed by atoms with Gasteiger partial charge in [-0.1, -0.05) is 0 Å². The van der Waals surface area contributed by atoms with E-state index >= 15 is 0 Å². The van der Waals surface area contributed by atoms with E-state index in [0.29, 0.717) is 25.6 Å². The maximum absolute atomic E-state index is 11.6. The molecule has 1 saturated carbocycles. The van der Waals surface area contributed by atoms with E-state index in [1.54, 1.807) is 11.9 Å². The Kier molecular flexibility index (Phi) is 3.43. The summed E-state index contributed by atoms with van der Waals surface area (Å²) < 4.78 is 0. The molecule has 1 unspecified atom stereocenters. The number of piperidine rings is 1. The minimum atomic E-state index is 0.0413. The van der Waals surface area contributed by atoms with Crippen LogP contribution in [0.5, 0.6) is 0 Å². The van der Waals surface area contributed by atoms with Crippen LogP contribution in [0.1, 0.15) is 25.7 Å². The molecular weight excluding hydrogens is 206 g/mol. The van der Waals surface area contributed by atoms with Crippen molar-refractivity contribution in [1.29, 1.82) is 0 Å². The topological polar surface area (TPSA) is 61.4 Å². The molecule has 5 nitrogen and oxygen atoms in total. The summed E-state index contributed by atoms with van der Waals surface area (Å²) in [4.78, 5) is 24.5. The molecule has 1 aliphatic carbocycles. The number of likely N-dealkylation sites (N-methyl/N-ethyl adjacent to an activating group) is 1. The van der Waals surface area contributed by atoms with E-state index in [2.05, 4.69) is 10.6 Å². The molecule has 2 aliphatic rings. The molecule has 2 N–H and O–H groups in total. The lowest BCUT2D eigenvalue weighted by Crippen LogP contribution is -2.50. The fourth-order valence-corrected chi connectivity index (χ4v) is 1.93. The molecule has 2 fully saturated rings. The van der Waals surface area contributed by atoms with E-state index < -0.39 is 0 Å². The Bertz CT molecular complexity index is 289. The molecule has 0 aromatic rings. The Morgan fingerprint density at radius 1 is 1.38 bits per heavy atom. The van der Waals surface area contributed by atoms with Crippen LogP contribution in [0.15, 0.2) is 0 Å². The summed E-state index contributed by atoms with van der Waals surface area (Å²) in [7, 11) is 1.78. The maximum atomic E-state index is 11.6. The summed E-state index contributed by atoms with van der Waals surface area (Å²) in [5.41, 5.74) is 0. The lowest BCUT2D eigenvalue weighted by Gasteiger charge is -2.30. The van der Waals surface area contributed by atoms with Crippen molar-refractivity contribution in [2.45, 2.75) is 37.8 Å². The number of carbonyl (C=O) groups is 2. The monoisotopic (exact) mass is 225 g/mol. The molecule has 1 aliphatic heterocycles. The van der Waals surface area contributed by atoms with E-state index in [1.807, 2.05) is 0 Å². The van der Waals surface area contributed by atoms with E-state index in [4.69, 9.17) is 0 Å². The zero-order valence-electron chi connectivity index (χ0n) is 9.66. The van der Waals surface area contributed by atoms with Crippen LogP contribution in [0.2, 0.25) is 0 Å². The lowest BCUT2D eigenvalue weighted by atomic mass is 10.1. The first-order valence-electron chi connectivity index (χ1n) is 5.92. The van der Waals surface area contributed by atoms with Crippen molar-refractivity contribution < 1.29 is 9.59 Å². The molecule has 16 heavy (non-hydrogen) atoms. The first-order valence-corrected chi connectivity index (χ1v) is 5.92. The van der Waals surface area contributed by atoms with E-state index in [1.165, 1.54) is 12.8 Å². The van der Waals surface area contributed by atoms with Gasteiger partial charge in [-0.3, -0.25) is 9.59 Å². The van der Waals surface area contributed by atoms with Crippen molar-refractivity contribution in [3.63, 3.8) is 0 Å². The van der Waals surface area contributed by atoms with Crippen molar-refractivity contribution >= 4 is 11.8 Å². The van der Waals surface area contributed by atoms with Crippen molar-refractivity contribution in [1.82, 2.24) is 15.5 Å². The highest BCUT2D eigenvalue weighted by Crippen LogP contribution is 2.18. The van der Waals surface area contributed by atoms with E-state index in [-0.39, 0.29) is 17.9 Å². The summed E-state index contributed by atoms with van der Waals surface area (Å²) in [6.45, 7) is 1.03. The predicted molar refractivity (Wildman–Crippen MR) is 59.8 cm³/mol. The van der Waals surface area contributed by atoms with Crippen molar-refractivity contribution in [2.75, 3.05) is 20.1 Å². The molecule has 0 radical (unpaired) electrons. The van der Waals surface area contributed by atoms with E-state index in [9.17, 15) is 9.59 Å². The molecule has 2 amide bonds. The fraction of sp³-hybridized carbons (Fsp3) is 0.818. The van der Waals surface area contributed by atoms with Gasteiger partial charge in [-0.2, -0.15) is 0 Å². The van der Waals surface area contributed by atoms with Gasteiger partial charge in [-0.15, -0.1) is 0 Å². The standard InChI is InChI=1S/C11H19N3O2/c1-14-7-9(4-5-11(14)16)13-10(15)6-12-8-2-3-8/h8-9,12H,2-7H2,1H3,(H,13,15). The van der Waals surface area contributed by atoms with Gasteiger partial charge in [-0.25, -0.2) is 0 Å². The second-order valence-electron chi connectivity index (χ2n) is 4.73. The molecule has 5 heteroatoms. The van der Waals surface area contributed by atoms with Crippen LogP contribution in [-0.2, 0) is 9.59 Å². The molecule has 2 rings (SSSR count). The third-order valence-corrected chi connectivity index (χ3v) is 3.12. The molecule has 0 bridgehead atoms.